The molecular formula is C14H19NO3. The van der Waals surface area contributed by atoms with Crippen molar-refractivity contribution in [1.82, 2.24) is 0 Å². The molecule has 1 aromatic rings. The van der Waals surface area contributed by atoms with Gasteiger partial charge in [-0.25, -0.2) is 4.79 Å². The van der Waals surface area contributed by atoms with Crippen LogP contribution in [0, 0.1) is 0 Å². The predicted molar refractivity (Wildman–Crippen MR) is 69.8 cm³/mol. The Bertz CT molecular complexity index is 413. The van der Waals surface area contributed by atoms with Gasteiger partial charge in [0.15, 0.2) is 0 Å². The van der Waals surface area contributed by atoms with Crippen LogP contribution in [-0.2, 0) is 9.47 Å². The molecule has 0 saturated heterocycles. The first kappa shape index (κ1) is 12.9. The second-order valence-electron chi connectivity index (χ2n) is 4.46. The summed E-state index contributed by atoms with van der Waals surface area (Å²) in [6, 6.07) is 7.82. The van der Waals surface area contributed by atoms with Gasteiger partial charge in [0.25, 0.3) is 0 Å². The number of benzene rings is 1. The van der Waals surface area contributed by atoms with Gasteiger partial charge in [0.1, 0.15) is 0 Å². The van der Waals surface area contributed by atoms with E-state index >= 15 is 0 Å². The minimum Gasteiger partial charge on any atom is -0.465 e. The lowest BCUT2D eigenvalue weighted by Crippen LogP contribution is -2.40. The molecule has 0 radical (unpaired) electrons. The summed E-state index contributed by atoms with van der Waals surface area (Å²) in [5.74, 6) is -0.306. The molecule has 0 heterocycles. The Kier molecular flexibility index (Phi) is 4.20. The van der Waals surface area contributed by atoms with E-state index < -0.39 is 0 Å². The van der Waals surface area contributed by atoms with Crippen LogP contribution in [-0.4, -0.2) is 31.8 Å². The van der Waals surface area contributed by atoms with Gasteiger partial charge in [-0.2, -0.15) is 0 Å². The van der Waals surface area contributed by atoms with Crippen molar-refractivity contribution in [1.29, 1.82) is 0 Å². The van der Waals surface area contributed by atoms with Crippen molar-refractivity contribution in [3.63, 3.8) is 0 Å². The van der Waals surface area contributed by atoms with E-state index in [0.29, 0.717) is 17.7 Å². The molecule has 2 rings (SSSR count). The quantitative estimate of drug-likeness (QED) is 0.814. The minimum atomic E-state index is -0.306. The number of ether oxygens (including phenoxy) is 2. The molecule has 0 atom stereocenters. The zero-order valence-corrected chi connectivity index (χ0v) is 10.8. The van der Waals surface area contributed by atoms with Crippen molar-refractivity contribution in [3.8, 4) is 0 Å². The molecule has 1 aliphatic rings. The number of rotatable bonds is 5. The summed E-state index contributed by atoms with van der Waals surface area (Å²) in [5, 5.41) is 3.40. The number of hydrogen-bond donors (Lipinski definition) is 1. The molecule has 1 fully saturated rings. The zero-order chi connectivity index (χ0) is 13.0. The monoisotopic (exact) mass is 249 g/mol. The molecular weight excluding hydrogens is 230 g/mol. The van der Waals surface area contributed by atoms with Gasteiger partial charge in [0.2, 0.25) is 0 Å². The summed E-state index contributed by atoms with van der Waals surface area (Å²) >= 11 is 0. The average molecular weight is 249 g/mol. The fourth-order valence-corrected chi connectivity index (χ4v) is 2.14. The normalized spacial score (nSPS) is 22.1. The molecule has 0 aliphatic heterocycles. The van der Waals surface area contributed by atoms with Crippen LogP contribution >= 0.6 is 0 Å². The molecule has 0 unspecified atom stereocenters. The van der Waals surface area contributed by atoms with E-state index in [1.54, 1.807) is 6.07 Å². The Morgan fingerprint density at radius 1 is 1.44 bits per heavy atom. The lowest BCUT2D eigenvalue weighted by atomic mass is 9.89. The molecule has 1 saturated carbocycles. The minimum absolute atomic E-state index is 0.306. The van der Waals surface area contributed by atoms with Crippen LogP contribution < -0.4 is 5.32 Å². The topological polar surface area (TPSA) is 47.6 Å². The first-order chi connectivity index (χ1) is 8.72. The lowest BCUT2D eigenvalue weighted by Gasteiger charge is -2.36. The van der Waals surface area contributed by atoms with Gasteiger partial charge in [0, 0.05) is 18.3 Å². The summed E-state index contributed by atoms with van der Waals surface area (Å²) < 4.78 is 10.2. The van der Waals surface area contributed by atoms with Crippen LogP contribution in [0.15, 0.2) is 24.3 Å². The maximum absolute atomic E-state index is 11.4. The maximum atomic E-state index is 11.4. The van der Waals surface area contributed by atoms with Crippen molar-refractivity contribution in [3.05, 3.63) is 29.8 Å². The summed E-state index contributed by atoms with van der Waals surface area (Å²) in [6.45, 7) is 2.79. The molecule has 0 bridgehead atoms. The van der Waals surface area contributed by atoms with Gasteiger partial charge in [-0.1, -0.05) is 6.07 Å². The summed E-state index contributed by atoms with van der Waals surface area (Å²) in [7, 11) is 1.39. The van der Waals surface area contributed by atoms with Crippen molar-refractivity contribution < 1.29 is 14.3 Å². The third-order valence-corrected chi connectivity index (χ3v) is 3.15. The van der Waals surface area contributed by atoms with E-state index in [4.69, 9.17) is 9.47 Å². The molecule has 1 N–H and O–H groups in total. The van der Waals surface area contributed by atoms with Gasteiger partial charge in [-0.3, -0.25) is 0 Å². The van der Waals surface area contributed by atoms with Crippen LogP contribution in [0.25, 0.3) is 0 Å². The highest BCUT2D eigenvalue weighted by atomic mass is 16.5. The van der Waals surface area contributed by atoms with Gasteiger partial charge >= 0.3 is 5.97 Å². The third-order valence-electron chi connectivity index (χ3n) is 3.15. The maximum Gasteiger partial charge on any atom is 0.337 e. The van der Waals surface area contributed by atoms with Crippen LogP contribution in [0.4, 0.5) is 5.69 Å². The number of nitrogens with one attached hydrogen (secondary N) is 1. The van der Waals surface area contributed by atoms with E-state index in [1.807, 2.05) is 25.1 Å². The van der Waals surface area contributed by atoms with Crippen LogP contribution in [0.2, 0.25) is 0 Å². The molecule has 1 aliphatic carbocycles. The van der Waals surface area contributed by atoms with Gasteiger partial charge < -0.3 is 14.8 Å². The average Bonchev–Trinajstić information content (AvgIpc) is 2.36. The second-order valence-corrected chi connectivity index (χ2v) is 4.46. The van der Waals surface area contributed by atoms with Gasteiger partial charge in [-0.05, 0) is 38.0 Å². The SMILES string of the molecule is CCOC1CC(Nc2cccc(C(=O)OC)c2)C1. The fraction of sp³-hybridized carbons (Fsp3) is 0.500. The first-order valence-electron chi connectivity index (χ1n) is 6.29. The molecule has 4 heteroatoms. The van der Waals surface area contributed by atoms with Crippen LogP contribution in [0.3, 0.4) is 0 Å². The smallest absolute Gasteiger partial charge is 0.337 e. The summed E-state index contributed by atoms with van der Waals surface area (Å²) in [5.41, 5.74) is 1.53. The number of hydrogen-bond acceptors (Lipinski definition) is 4. The Hall–Kier alpha value is -1.55. The molecule has 0 aromatic heterocycles. The van der Waals surface area contributed by atoms with Crippen LogP contribution in [0.5, 0.6) is 0 Å². The Morgan fingerprint density at radius 2 is 2.22 bits per heavy atom. The highest BCUT2D eigenvalue weighted by molar-refractivity contribution is 5.90. The largest absolute Gasteiger partial charge is 0.465 e. The summed E-state index contributed by atoms with van der Waals surface area (Å²) in [6.07, 6.45) is 2.43. The van der Waals surface area contributed by atoms with E-state index in [-0.39, 0.29) is 5.97 Å². The Morgan fingerprint density at radius 3 is 2.89 bits per heavy atom. The van der Waals surface area contributed by atoms with Gasteiger partial charge in [-0.15, -0.1) is 0 Å². The predicted octanol–water partition coefficient (Wildman–Crippen LogP) is 2.45. The van der Waals surface area contributed by atoms with Crippen molar-refractivity contribution in [2.45, 2.75) is 31.9 Å². The second kappa shape index (κ2) is 5.87. The molecule has 4 nitrogen and oxygen atoms in total. The van der Waals surface area contributed by atoms with E-state index in [2.05, 4.69) is 5.32 Å². The highest BCUT2D eigenvalue weighted by Gasteiger charge is 2.29. The van der Waals surface area contributed by atoms with Gasteiger partial charge in [0.05, 0.1) is 18.8 Å². The van der Waals surface area contributed by atoms with Crippen LogP contribution in [0.1, 0.15) is 30.1 Å². The number of carbonyl (C=O) groups excluding carboxylic acids is 1. The van der Waals surface area contributed by atoms with E-state index in [0.717, 1.165) is 25.1 Å². The fourth-order valence-electron chi connectivity index (χ4n) is 2.14. The first-order valence-corrected chi connectivity index (χ1v) is 6.29. The molecule has 98 valence electrons. The Balaban J connectivity index is 1.89. The van der Waals surface area contributed by atoms with Crippen molar-refractivity contribution >= 4 is 11.7 Å². The number of carbonyl (C=O) groups is 1. The highest BCUT2D eigenvalue weighted by Crippen LogP contribution is 2.27. The molecule has 0 spiro atoms. The summed E-state index contributed by atoms with van der Waals surface area (Å²) in [4.78, 5) is 11.4. The number of methoxy groups -OCH3 is 1. The molecule has 1 aromatic carbocycles. The number of esters is 1. The molecule has 0 amide bonds. The number of anilines is 1. The van der Waals surface area contributed by atoms with Crippen molar-refractivity contribution in [2.24, 2.45) is 0 Å². The Labute approximate surface area is 107 Å². The lowest BCUT2D eigenvalue weighted by molar-refractivity contribution is 0.00298. The third kappa shape index (κ3) is 3.01. The zero-order valence-electron chi connectivity index (χ0n) is 10.8. The van der Waals surface area contributed by atoms with Crippen molar-refractivity contribution in [2.75, 3.05) is 19.0 Å². The molecule has 18 heavy (non-hydrogen) atoms. The van der Waals surface area contributed by atoms with E-state index in [1.165, 1.54) is 7.11 Å². The van der Waals surface area contributed by atoms with E-state index in [9.17, 15) is 4.79 Å². The standard InChI is InChI=1S/C14H19NO3/c1-3-18-13-8-12(9-13)15-11-6-4-5-10(7-11)14(16)17-2/h4-7,12-13,15H,3,8-9H2,1-2H3.